The molecule has 0 radical (unpaired) electrons. The van der Waals surface area contributed by atoms with Crippen molar-refractivity contribution in [2.75, 3.05) is 26.2 Å². The number of piperazine rings is 1. The van der Waals surface area contributed by atoms with Crippen LogP contribution in [0.25, 0.3) is 6.08 Å². The molecule has 8 nitrogen and oxygen atoms in total. The molecule has 28 heavy (non-hydrogen) atoms. The number of carbonyl (C=O) groups excluding carboxylic acids is 1. The molecule has 0 bridgehead atoms. The third-order valence-corrected chi connectivity index (χ3v) is 4.95. The average molecular weight is 383 g/mol. The first-order valence-electron chi connectivity index (χ1n) is 9.43. The van der Waals surface area contributed by atoms with E-state index in [-0.39, 0.29) is 11.6 Å². The number of carbonyl (C=O) groups is 1. The molecule has 1 aliphatic rings. The van der Waals surface area contributed by atoms with Crippen LogP contribution in [0.15, 0.2) is 36.5 Å². The molecule has 3 rings (SSSR count). The zero-order valence-corrected chi connectivity index (χ0v) is 16.2. The van der Waals surface area contributed by atoms with Crippen LogP contribution >= 0.6 is 0 Å². The highest BCUT2D eigenvalue weighted by atomic mass is 16.6. The molecule has 0 unspecified atom stereocenters. The van der Waals surface area contributed by atoms with Crippen molar-refractivity contribution in [3.8, 4) is 0 Å². The Bertz CT molecular complexity index is 882. The number of amides is 1. The summed E-state index contributed by atoms with van der Waals surface area (Å²) in [6.45, 7) is 8.76. The summed E-state index contributed by atoms with van der Waals surface area (Å²) < 4.78 is 1.95. The zero-order valence-electron chi connectivity index (χ0n) is 16.2. The van der Waals surface area contributed by atoms with Crippen LogP contribution < -0.4 is 0 Å². The van der Waals surface area contributed by atoms with Gasteiger partial charge in [-0.3, -0.25) is 24.5 Å². The molecule has 1 fully saturated rings. The smallest absolute Gasteiger partial charge is 0.270 e. The van der Waals surface area contributed by atoms with Crippen LogP contribution in [-0.4, -0.2) is 56.6 Å². The van der Waals surface area contributed by atoms with Gasteiger partial charge >= 0.3 is 0 Å². The van der Waals surface area contributed by atoms with Gasteiger partial charge in [0.1, 0.15) is 0 Å². The van der Waals surface area contributed by atoms with Gasteiger partial charge in [-0.05, 0) is 25.5 Å². The van der Waals surface area contributed by atoms with Crippen LogP contribution in [0, 0.1) is 17.0 Å². The van der Waals surface area contributed by atoms with Crippen molar-refractivity contribution in [1.82, 2.24) is 19.6 Å². The molecule has 8 heteroatoms. The highest BCUT2D eigenvalue weighted by Crippen LogP contribution is 2.15. The Balaban J connectivity index is 1.52. The van der Waals surface area contributed by atoms with Crippen molar-refractivity contribution < 1.29 is 9.72 Å². The Labute approximate surface area is 164 Å². The fourth-order valence-electron chi connectivity index (χ4n) is 3.26. The summed E-state index contributed by atoms with van der Waals surface area (Å²) in [5, 5.41) is 15.3. The Morgan fingerprint density at radius 3 is 2.68 bits per heavy atom. The monoisotopic (exact) mass is 383 g/mol. The minimum absolute atomic E-state index is 0.0184. The van der Waals surface area contributed by atoms with Crippen molar-refractivity contribution in [1.29, 1.82) is 0 Å². The van der Waals surface area contributed by atoms with E-state index < -0.39 is 4.92 Å². The average Bonchev–Trinajstić information content (AvgIpc) is 3.06. The molecular weight excluding hydrogens is 358 g/mol. The summed E-state index contributed by atoms with van der Waals surface area (Å²) in [6, 6.07) is 6.25. The quantitative estimate of drug-likeness (QED) is 0.435. The molecule has 1 amide bonds. The van der Waals surface area contributed by atoms with E-state index in [9.17, 15) is 14.9 Å². The second-order valence-electron chi connectivity index (χ2n) is 6.88. The fraction of sp³-hybridized carbons (Fsp3) is 0.400. The van der Waals surface area contributed by atoms with Crippen molar-refractivity contribution in [2.45, 2.75) is 26.9 Å². The number of non-ortho nitro benzene ring substituents is 1. The standard InChI is InChI=1S/C20H25N5O3/c1-3-24-15-18(16(2)21-24)14-22-9-11-23(12-10-22)20(26)8-7-17-5-4-6-19(13-17)25(27)28/h4-8,13,15H,3,9-12,14H2,1-2H3/b8-7+. The van der Waals surface area contributed by atoms with Gasteiger partial charge in [0.25, 0.3) is 5.69 Å². The van der Waals surface area contributed by atoms with Gasteiger partial charge in [0.15, 0.2) is 0 Å². The van der Waals surface area contributed by atoms with Gasteiger partial charge in [0.2, 0.25) is 5.91 Å². The molecule has 1 aromatic carbocycles. The Morgan fingerprint density at radius 1 is 1.29 bits per heavy atom. The first-order valence-corrected chi connectivity index (χ1v) is 9.43. The lowest BCUT2D eigenvalue weighted by Gasteiger charge is -2.34. The molecule has 2 aromatic rings. The van der Waals surface area contributed by atoms with E-state index in [1.54, 1.807) is 18.2 Å². The maximum absolute atomic E-state index is 12.4. The van der Waals surface area contributed by atoms with Crippen molar-refractivity contribution in [3.05, 3.63) is 63.5 Å². The van der Waals surface area contributed by atoms with Crippen LogP contribution in [0.4, 0.5) is 5.69 Å². The molecule has 148 valence electrons. The van der Waals surface area contributed by atoms with Crippen LogP contribution in [0.2, 0.25) is 0 Å². The molecule has 1 saturated heterocycles. The third kappa shape index (κ3) is 4.83. The Kier molecular flexibility index (Phi) is 6.20. The molecule has 1 aromatic heterocycles. The summed E-state index contributed by atoms with van der Waals surface area (Å²) in [5.41, 5.74) is 2.95. The zero-order chi connectivity index (χ0) is 20.1. The lowest BCUT2D eigenvalue weighted by Crippen LogP contribution is -2.47. The predicted molar refractivity (Wildman–Crippen MR) is 107 cm³/mol. The fourth-order valence-corrected chi connectivity index (χ4v) is 3.26. The minimum atomic E-state index is -0.440. The number of aromatic nitrogens is 2. The van der Waals surface area contributed by atoms with E-state index in [1.807, 2.05) is 16.5 Å². The number of aryl methyl sites for hydroxylation is 2. The van der Waals surface area contributed by atoms with E-state index >= 15 is 0 Å². The van der Waals surface area contributed by atoms with Crippen LogP contribution in [-0.2, 0) is 17.9 Å². The second kappa shape index (κ2) is 8.79. The number of nitro benzene ring substituents is 1. The SMILES string of the molecule is CCn1cc(CN2CCN(C(=O)/C=C/c3cccc([N+](=O)[O-])c3)CC2)c(C)n1. The van der Waals surface area contributed by atoms with Crippen LogP contribution in [0.5, 0.6) is 0 Å². The van der Waals surface area contributed by atoms with Gasteiger partial charge in [-0.15, -0.1) is 0 Å². The maximum Gasteiger partial charge on any atom is 0.270 e. The predicted octanol–water partition coefficient (Wildman–Crippen LogP) is 2.48. The van der Waals surface area contributed by atoms with Crippen molar-refractivity contribution >= 4 is 17.7 Å². The summed E-state index contributed by atoms with van der Waals surface area (Å²) in [6.07, 6.45) is 5.21. The molecule has 0 N–H and O–H groups in total. The largest absolute Gasteiger partial charge is 0.337 e. The second-order valence-corrected chi connectivity index (χ2v) is 6.88. The number of benzene rings is 1. The first kappa shape index (κ1) is 19.8. The summed E-state index contributed by atoms with van der Waals surface area (Å²) >= 11 is 0. The van der Waals surface area contributed by atoms with E-state index in [0.717, 1.165) is 31.9 Å². The molecule has 0 atom stereocenters. The summed E-state index contributed by atoms with van der Waals surface area (Å²) in [5.74, 6) is -0.0684. The van der Waals surface area contributed by atoms with Gasteiger partial charge in [-0.25, -0.2) is 0 Å². The molecule has 2 heterocycles. The topological polar surface area (TPSA) is 84.5 Å². The van der Waals surface area contributed by atoms with E-state index in [4.69, 9.17) is 0 Å². The molecule has 0 spiro atoms. The first-order chi connectivity index (χ1) is 13.5. The highest BCUT2D eigenvalue weighted by Gasteiger charge is 2.20. The van der Waals surface area contributed by atoms with E-state index in [1.165, 1.54) is 23.8 Å². The van der Waals surface area contributed by atoms with Gasteiger partial charge in [0.05, 0.1) is 10.6 Å². The van der Waals surface area contributed by atoms with Gasteiger partial charge in [0, 0.05) is 69.2 Å². The number of nitro groups is 1. The third-order valence-electron chi connectivity index (χ3n) is 4.95. The molecule has 0 saturated carbocycles. The number of rotatable bonds is 6. The molecular formula is C20H25N5O3. The van der Waals surface area contributed by atoms with Gasteiger partial charge < -0.3 is 4.90 Å². The number of nitrogens with zero attached hydrogens (tertiary/aromatic N) is 5. The van der Waals surface area contributed by atoms with Crippen molar-refractivity contribution in [3.63, 3.8) is 0 Å². The van der Waals surface area contributed by atoms with Crippen LogP contribution in [0.1, 0.15) is 23.7 Å². The highest BCUT2D eigenvalue weighted by molar-refractivity contribution is 5.91. The minimum Gasteiger partial charge on any atom is -0.337 e. The van der Waals surface area contributed by atoms with Gasteiger partial charge in [-0.2, -0.15) is 5.10 Å². The summed E-state index contributed by atoms with van der Waals surface area (Å²) in [4.78, 5) is 27.0. The maximum atomic E-state index is 12.4. The molecule has 0 aliphatic carbocycles. The number of hydrogen-bond acceptors (Lipinski definition) is 5. The van der Waals surface area contributed by atoms with Crippen LogP contribution in [0.3, 0.4) is 0 Å². The normalized spacial score (nSPS) is 15.3. The Hall–Kier alpha value is -3.00. The summed E-state index contributed by atoms with van der Waals surface area (Å²) in [7, 11) is 0. The Morgan fingerprint density at radius 2 is 2.04 bits per heavy atom. The van der Waals surface area contributed by atoms with Gasteiger partial charge in [-0.1, -0.05) is 12.1 Å². The number of hydrogen-bond donors (Lipinski definition) is 0. The van der Waals surface area contributed by atoms with E-state index in [2.05, 4.69) is 23.1 Å². The lowest BCUT2D eigenvalue weighted by molar-refractivity contribution is -0.384. The lowest BCUT2D eigenvalue weighted by atomic mass is 10.2. The molecule has 1 aliphatic heterocycles. The van der Waals surface area contributed by atoms with Crippen molar-refractivity contribution in [2.24, 2.45) is 0 Å². The van der Waals surface area contributed by atoms with E-state index in [0.29, 0.717) is 18.7 Å².